The van der Waals surface area contributed by atoms with Gasteiger partial charge in [0.05, 0.1) is 6.04 Å². The molecule has 23 heavy (non-hydrogen) atoms. The maximum atomic E-state index is 13.0. The number of likely N-dealkylation sites (N-methyl/N-ethyl adjacent to an activating group) is 1. The van der Waals surface area contributed by atoms with Gasteiger partial charge >= 0.3 is 0 Å². The highest BCUT2D eigenvalue weighted by molar-refractivity contribution is 5.91. The second kappa shape index (κ2) is 8.11. The van der Waals surface area contributed by atoms with Gasteiger partial charge in [0.1, 0.15) is 6.04 Å². The van der Waals surface area contributed by atoms with Crippen LogP contribution in [-0.2, 0) is 16.0 Å². The summed E-state index contributed by atoms with van der Waals surface area (Å²) in [6.07, 6.45) is 1.32. The Kier molecular flexibility index (Phi) is 6.16. The average molecular weight is 317 g/mol. The molecule has 5 heteroatoms. The van der Waals surface area contributed by atoms with Crippen molar-refractivity contribution in [2.45, 2.75) is 38.8 Å². The van der Waals surface area contributed by atoms with Gasteiger partial charge in [-0.3, -0.25) is 9.59 Å². The van der Waals surface area contributed by atoms with Gasteiger partial charge in [-0.15, -0.1) is 0 Å². The van der Waals surface area contributed by atoms with Crippen molar-refractivity contribution in [2.75, 3.05) is 20.1 Å². The van der Waals surface area contributed by atoms with Crippen LogP contribution in [0.5, 0.6) is 0 Å². The number of hydrogen-bond donors (Lipinski definition) is 2. The Bertz CT molecular complexity index is 530. The predicted molar refractivity (Wildman–Crippen MR) is 91.0 cm³/mol. The van der Waals surface area contributed by atoms with Crippen LogP contribution in [0.3, 0.4) is 0 Å². The fraction of sp³-hybridized carbons (Fsp3) is 0.556. The number of rotatable bonds is 6. The van der Waals surface area contributed by atoms with Crippen LogP contribution in [0.15, 0.2) is 30.3 Å². The Morgan fingerprint density at radius 2 is 2.04 bits per heavy atom. The molecular weight excluding hydrogens is 290 g/mol. The van der Waals surface area contributed by atoms with E-state index in [9.17, 15) is 9.59 Å². The van der Waals surface area contributed by atoms with E-state index in [1.165, 1.54) is 0 Å². The van der Waals surface area contributed by atoms with Crippen LogP contribution in [0.25, 0.3) is 0 Å². The van der Waals surface area contributed by atoms with Crippen LogP contribution in [0.2, 0.25) is 0 Å². The van der Waals surface area contributed by atoms with Gasteiger partial charge in [-0.05, 0) is 31.4 Å². The number of benzene rings is 1. The van der Waals surface area contributed by atoms with E-state index in [0.717, 1.165) is 5.56 Å². The highest BCUT2D eigenvalue weighted by Gasteiger charge is 2.35. The summed E-state index contributed by atoms with van der Waals surface area (Å²) < 4.78 is 0. The molecule has 0 unspecified atom stereocenters. The lowest BCUT2D eigenvalue weighted by Gasteiger charge is -2.38. The fourth-order valence-electron chi connectivity index (χ4n) is 3.02. The summed E-state index contributed by atoms with van der Waals surface area (Å²) in [6.45, 7) is 5.25. The standard InChI is InChI=1S/C18H27N3O2/c1-13(2)11-16-17(22)20-9-10-21(16)18(23)15(19-3)12-14-7-5-4-6-8-14/h4-8,13,15-16,19H,9-12H2,1-3H3,(H,20,22)/t15-,16-/m0/s1. The molecule has 0 aliphatic carbocycles. The lowest BCUT2D eigenvalue weighted by molar-refractivity contribution is -0.145. The molecule has 1 aliphatic heterocycles. The van der Waals surface area contributed by atoms with E-state index < -0.39 is 0 Å². The van der Waals surface area contributed by atoms with E-state index in [1.54, 1.807) is 11.9 Å². The molecule has 1 fully saturated rings. The minimum absolute atomic E-state index is 0.0110. The lowest BCUT2D eigenvalue weighted by Crippen LogP contribution is -2.61. The van der Waals surface area contributed by atoms with E-state index in [-0.39, 0.29) is 23.9 Å². The van der Waals surface area contributed by atoms with E-state index in [4.69, 9.17) is 0 Å². The van der Waals surface area contributed by atoms with Crippen LogP contribution in [0.4, 0.5) is 0 Å². The van der Waals surface area contributed by atoms with Crippen LogP contribution in [-0.4, -0.2) is 48.9 Å². The number of piperazine rings is 1. The third-order valence-corrected chi connectivity index (χ3v) is 4.24. The number of hydrogen-bond acceptors (Lipinski definition) is 3. The van der Waals surface area contributed by atoms with Crippen molar-refractivity contribution < 1.29 is 9.59 Å². The zero-order valence-corrected chi connectivity index (χ0v) is 14.2. The summed E-state index contributed by atoms with van der Waals surface area (Å²) >= 11 is 0. The highest BCUT2D eigenvalue weighted by Crippen LogP contribution is 2.17. The van der Waals surface area contributed by atoms with Gasteiger partial charge in [-0.25, -0.2) is 0 Å². The summed E-state index contributed by atoms with van der Waals surface area (Å²) in [4.78, 5) is 26.9. The third kappa shape index (κ3) is 4.55. The van der Waals surface area contributed by atoms with Gasteiger partial charge < -0.3 is 15.5 Å². The van der Waals surface area contributed by atoms with Gasteiger partial charge in [0, 0.05) is 13.1 Å². The van der Waals surface area contributed by atoms with Gasteiger partial charge in [0.25, 0.3) is 0 Å². The molecule has 0 spiro atoms. The molecule has 2 atom stereocenters. The molecule has 0 bridgehead atoms. The van der Waals surface area contributed by atoms with Crippen LogP contribution in [0, 0.1) is 5.92 Å². The summed E-state index contributed by atoms with van der Waals surface area (Å²) in [5.41, 5.74) is 1.11. The van der Waals surface area contributed by atoms with Crippen molar-refractivity contribution in [3.63, 3.8) is 0 Å². The van der Waals surface area contributed by atoms with Crippen LogP contribution >= 0.6 is 0 Å². The molecule has 1 aliphatic rings. The number of carbonyl (C=O) groups excluding carboxylic acids is 2. The van der Waals surface area contributed by atoms with Crippen molar-refractivity contribution in [3.8, 4) is 0 Å². The molecule has 1 saturated heterocycles. The second-order valence-electron chi connectivity index (χ2n) is 6.50. The summed E-state index contributed by atoms with van der Waals surface area (Å²) in [5, 5.41) is 5.99. The molecule has 1 aromatic rings. The first kappa shape index (κ1) is 17.5. The van der Waals surface area contributed by atoms with Crippen molar-refractivity contribution in [1.29, 1.82) is 0 Å². The molecule has 1 heterocycles. The molecule has 0 aromatic heterocycles. The second-order valence-corrected chi connectivity index (χ2v) is 6.50. The molecule has 1 aromatic carbocycles. The van der Waals surface area contributed by atoms with E-state index >= 15 is 0 Å². The lowest BCUT2D eigenvalue weighted by atomic mass is 9.98. The first-order valence-corrected chi connectivity index (χ1v) is 8.32. The Morgan fingerprint density at radius 1 is 1.35 bits per heavy atom. The fourth-order valence-corrected chi connectivity index (χ4v) is 3.02. The molecule has 2 N–H and O–H groups in total. The number of carbonyl (C=O) groups is 2. The first-order valence-electron chi connectivity index (χ1n) is 8.32. The van der Waals surface area contributed by atoms with E-state index in [2.05, 4.69) is 24.5 Å². The normalized spacial score (nSPS) is 19.6. The number of nitrogens with one attached hydrogen (secondary N) is 2. The Morgan fingerprint density at radius 3 is 2.65 bits per heavy atom. The zero-order chi connectivity index (χ0) is 16.8. The third-order valence-electron chi connectivity index (χ3n) is 4.24. The minimum atomic E-state index is -0.358. The summed E-state index contributed by atoms with van der Waals surface area (Å²) in [6, 6.07) is 9.29. The van der Waals surface area contributed by atoms with E-state index in [1.807, 2.05) is 30.3 Å². The molecule has 126 valence electrons. The maximum absolute atomic E-state index is 13.0. The van der Waals surface area contributed by atoms with Crippen molar-refractivity contribution in [3.05, 3.63) is 35.9 Å². The largest absolute Gasteiger partial charge is 0.353 e. The van der Waals surface area contributed by atoms with Gasteiger partial charge in [0.2, 0.25) is 11.8 Å². The smallest absolute Gasteiger partial charge is 0.242 e. The minimum Gasteiger partial charge on any atom is -0.353 e. The topological polar surface area (TPSA) is 61.4 Å². The Labute approximate surface area is 138 Å². The summed E-state index contributed by atoms with van der Waals surface area (Å²) in [7, 11) is 1.80. The van der Waals surface area contributed by atoms with Gasteiger partial charge in [0.15, 0.2) is 0 Å². The predicted octanol–water partition coefficient (Wildman–Crippen LogP) is 1.19. The van der Waals surface area contributed by atoms with Crippen molar-refractivity contribution in [1.82, 2.24) is 15.5 Å². The average Bonchev–Trinajstić information content (AvgIpc) is 2.54. The van der Waals surface area contributed by atoms with Gasteiger partial charge in [-0.2, -0.15) is 0 Å². The molecule has 5 nitrogen and oxygen atoms in total. The van der Waals surface area contributed by atoms with Crippen molar-refractivity contribution >= 4 is 11.8 Å². The van der Waals surface area contributed by atoms with Gasteiger partial charge in [-0.1, -0.05) is 44.2 Å². The molecule has 0 radical (unpaired) electrons. The SMILES string of the molecule is CN[C@@H](Cc1ccccc1)C(=O)N1CCNC(=O)[C@@H]1CC(C)C. The van der Waals surface area contributed by atoms with Crippen molar-refractivity contribution in [2.24, 2.45) is 5.92 Å². The Hall–Kier alpha value is -1.88. The van der Waals surface area contributed by atoms with Crippen LogP contribution in [0.1, 0.15) is 25.8 Å². The molecule has 2 rings (SSSR count). The molecule has 2 amide bonds. The van der Waals surface area contributed by atoms with Crippen LogP contribution < -0.4 is 10.6 Å². The molecular formula is C18H27N3O2. The number of nitrogens with zero attached hydrogens (tertiary/aromatic N) is 1. The Balaban J connectivity index is 2.12. The first-order chi connectivity index (χ1) is 11.0. The monoisotopic (exact) mass is 317 g/mol. The maximum Gasteiger partial charge on any atom is 0.242 e. The highest BCUT2D eigenvalue weighted by atomic mass is 16.2. The zero-order valence-electron chi connectivity index (χ0n) is 14.2. The van der Waals surface area contributed by atoms with E-state index in [0.29, 0.717) is 31.8 Å². The quantitative estimate of drug-likeness (QED) is 0.828. The molecule has 0 saturated carbocycles. The summed E-state index contributed by atoms with van der Waals surface area (Å²) in [5.74, 6) is 0.339. The number of amides is 2.